The molecule has 5 rings (SSSR count). The van der Waals surface area contributed by atoms with E-state index < -0.39 is 0 Å². The molecule has 0 N–H and O–H groups in total. The molecule has 0 spiro atoms. The van der Waals surface area contributed by atoms with Crippen LogP contribution in [0, 0.1) is 17.8 Å². The largest absolute Gasteiger partial charge is 0.466 e. The molecule has 4 nitrogen and oxygen atoms in total. The fourth-order valence-electron chi connectivity index (χ4n) is 5.82. The Hall–Kier alpha value is -1.10. The Labute approximate surface area is 154 Å². The smallest absolute Gasteiger partial charge is 0.311 e. The molecule has 4 saturated carbocycles. The first-order chi connectivity index (χ1) is 12.1. The van der Waals surface area contributed by atoms with Gasteiger partial charge in [-0.25, -0.2) is 0 Å². The van der Waals surface area contributed by atoms with E-state index in [4.69, 9.17) is 9.73 Å². The Morgan fingerprint density at radius 1 is 1.24 bits per heavy atom. The first-order valence-electron chi connectivity index (χ1n) is 9.99. The molecule has 4 aliphatic carbocycles. The number of carbonyl (C=O) groups is 1. The van der Waals surface area contributed by atoms with E-state index in [1.54, 1.807) is 11.3 Å². The highest BCUT2D eigenvalue weighted by Gasteiger charge is 2.51. The van der Waals surface area contributed by atoms with Crippen molar-refractivity contribution >= 4 is 17.3 Å². The third-order valence-corrected chi connectivity index (χ3v) is 7.21. The van der Waals surface area contributed by atoms with Gasteiger partial charge in [0.05, 0.1) is 18.6 Å². The summed E-state index contributed by atoms with van der Waals surface area (Å²) in [5.74, 6) is 2.60. The highest BCUT2D eigenvalue weighted by atomic mass is 32.1. The molecule has 0 unspecified atom stereocenters. The van der Waals surface area contributed by atoms with Gasteiger partial charge in [0, 0.05) is 17.6 Å². The monoisotopic (exact) mass is 362 g/mol. The average Bonchev–Trinajstić information content (AvgIpc) is 2.88. The quantitative estimate of drug-likeness (QED) is 0.720. The van der Waals surface area contributed by atoms with Crippen LogP contribution in [0.1, 0.15) is 64.5 Å². The van der Waals surface area contributed by atoms with Crippen molar-refractivity contribution in [1.29, 1.82) is 0 Å². The van der Waals surface area contributed by atoms with Crippen LogP contribution in [-0.4, -0.2) is 22.7 Å². The highest BCUT2D eigenvalue weighted by Crippen LogP contribution is 2.57. The summed E-state index contributed by atoms with van der Waals surface area (Å²) in [6.07, 6.45) is 9.62. The predicted octanol–water partition coefficient (Wildman–Crippen LogP) is 3.93. The van der Waals surface area contributed by atoms with E-state index >= 15 is 0 Å². The lowest BCUT2D eigenvalue weighted by Gasteiger charge is -2.54. The molecule has 1 heterocycles. The van der Waals surface area contributed by atoms with Crippen LogP contribution in [0.5, 0.6) is 0 Å². The lowest BCUT2D eigenvalue weighted by atomic mass is 9.53. The minimum atomic E-state index is -0.133. The van der Waals surface area contributed by atoms with Gasteiger partial charge < -0.3 is 9.30 Å². The first kappa shape index (κ1) is 17.3. The molecule has 0 radical (unpaired) electrons. The number of rotatable bonds is 6. The van der Waals surface area contributed by atoms with E-state index in [2.05, 4.69) is 16.9 Å². The number of aromatic nitrogens is 1. The Kier molecular flexibility index (Phi) is 4.78. The standard InChI is InChI=1S/C20H30N2O2S/c1-3-5-22-17(9-18(23)24-4-2)13-25-19(22)21-20-10-14-6-15(11-20)8-16(7-14)12-20/h13-16H,3-12H2,1-2H3. The van der Waals surface area contributed by atoms with E-state index in [0.29, 0.717) is 13.0 Å². The van der Waals surface area contributed by atoms with Crippen LogP contribution in [0.15, 0.2) is 10.4 Å². The van der Waals surface area contributed by atoms with Gasteiger partial charge in [0.2, 0.25) is 0 Å². The highest BCUT2D eigenvalue weighted by molar-refractivity contribution is 7.07. The lowest BCUT2D eigenvalue weighted by molar-refractivity contribution is -0.142. The number of hydrogen-bond donors (Lipinski definition) is 0. The molecule has 5 heteroatoms. The van der Waals surface area contributed by atoms with Gasteiger partial charge in [-0.05, 0) is 69.6 Å². The molecular weight excluding hydrogens is 332 g/mol. The van der Waals surface area contributed by atoms with E-state index in [1.165, 1.54) is 38.5 Å². The molecule has 0 amide bonds. The second-order valence-electron chi connectivity index (χ2n) is 8.40. The molecule has 138 valence electrons. The maximum atomic E-state index is 11.9. The van der Waals surface area contributed by atoms with Gasteiger partial charge in [0.15, 0.2) is 4.80 Å². The zero-order valence-corrected chi connectivity index (χ0v) is 16.3. The van der Waals surface area contributed by atoms with Gasteiger partial charge in [-0.1, -0.05) is 6.92 Å². The molecule has 4 bridgehead atoms. The van der Waals surface area contributed by atoms with Crippen LogP contribution in [0.2, 0.25) is 0 Å². The second-order valence-corrected chi connectivity index (χ2v) is 9.23. The summed E-state index contributed by atoms with van der Waals surface area (Å²) in [4.78, 5) is 18.4. The number of carbonyl (C=O) groups excluding carboxylic acids is 1. The van der Waals surface area contributed by atoms with Crippen LogP contribution >= 0.6 is 11.3 Å². The number of thiazole rings is 1. The van der Waals surface area contributed by atoms with Crippen molar-refractivity contribution in [2.75, 3.05) is 6.61 Å². The molecular formula is C20H30N2O2S. The molecule has 25 heavy (non-hydrogen) atoms. The third-order valence-electron chi connectivity index (χ3n) is 6.29. The Morgan fingerprint density at radius 2 is 1.88 bits per heavy atom. The molecule has 1 aromatic rings. The summed E-state index contributed by atoms with van der Waals surface area (Å²) in [5, 5.41) is 2.12. The molecule has 0 aliphatic heterocycles. The van der Waals surface area contributed by atoms with Crippen molar-refractivity contribution in [2.45, 2.75) is 77.3 Å². The summed E-state index contributed by atoms with van der Waals surface area (Å²) in [7, 11) is 0. The van der Waals surface area contributed by atoms with Crippen molar-refractivity contribution < 1.29 is 9.53 Å². The fourth-order valence-corrected chi connectivity index (χ4v) is 6.86. The van der Waals surface area contributed by atoms with Gasteiger partial charge in [0.25, 0.3) is 0 Å². The fraction of sp³-hybridized carbons (Fsp3) is 0.800. The zero-order chi connectivity index (χ0) is 17.4. The van der Waals surface area contributed by atoms with Crippen molar-refractivity contribution in [3.63, 3.8) is 0 Å². The van der Waals surface area contributed by atoms with Crippen molar-refractivity contribution in [3.8, 4) is 0 Å². The zero-order valence-electron chi connectivity index (χ0n) is 15.5. The van der Waals surface area contributed by atoms with E-state index in [-0.39, 0.29) is 11.5 Å². The van der Waals surface area contributed by atoms with Crippen molar-refractivity contribution in [3.05, 3.63) is 15.9 Å². The SMILES string of the molecule is CCCn1c(CC(=O)OCC)csc1=NC12CC3CC(CC(C3)C1)C2. The number of esters is 1. The minimum Gasteiger partial charge on any atom is -0.466 e. The summed E-state index contributed by atoms with van der Waals surface area (Å²) in [6, 6.07) is 0. The number of ether oxygens (including phenoxy) is 1. The van der Waals surface area contributed by atoms with Crippen molar-refractivity contribution in [2.24, 2.45) is 22.7 Å². The van der Waals surface area contributed by atoms with Gasteiger partial charge in [0.1, 0.15) is 0 Å². The van der Waals surface area contributed by atoms with E-state index in [9.17, 15) is 4.79 Å². The minimum absolute atomic E-state index is 0.133. The van der Waals surface area contributed by atoms with Gasteiger partial charge in [-0.15, -0.1) is 11.3 Å². The summed E-state index contributed by atoms with van der Waals surface area (Å²) >= 11 is 1.71. The molecule has 1 aromatic heterocycles. The average molecular weight is 363 g/mol. The summed E-state index contributed by atoms with van der Waals surface area (Å²) < 4.78 is 7.42. The Bertz CT molecular complexity index is 668. The van der Waals surface area contributed by atoms with Gasteiger partial charge >= 0.3 is 5.97 Å². The normalized spacial score (nSPS) is 33.8. The van der Waals surface area contributed by atoms with Crippen LogP contribution in [0.25, 0.3) is 0 Å². The lowest BCUT2D eigenvalue weighted by Crippen LogP contribution is -2.50. The molecule has 4 fully saturated rings. The first-order valence-corrected chi connectivity index (χ1v) is 10.9. The van der Waals surface area contributed by atoms with Crippen LogP contribution in [0.3, 0.4) is 0 Å². The third kappa shape index (κ3) is 3.44. The molecule has 0 atom stereocenters. The maximum absolute atomic E-state index is 11.9. The molecule has 0 aromatic carbocycles. The van der Waals surface area contributed by atoms with Gasteiger partial charge in [-0.2, -0.15) is 0 Å². The van der Waals surface area contributed by atoms with Crippen molar-refractivity contribution in [1.82, 2.24) is 4.57 Å². The van der Waals surface area contributed by atoms with Gasteiger partial charge in [-0.3, -0.25) is 9.79 Å². The maximum Gasteiger partial charge on any atom is 0.311 e. The van der Waals surface area contributed by atoms with E-state index in [1.807, 2.05) is 6.92 Å². The Balaban J connectivity index is 1.64. The Morgan fingerprint density at radius 3 is 2.44 bits per heavy atom. The van der Waals surface area contributed by atoms with Crippen LogP contribution < -0.4 is 4.80 Å². The van der Waals surface area contributed by atoms with Crippen LogP contribution in [-0.2, 0) is 22.5 Å². The summed E-state index contributed by atoms with van der Waals surface area (Å²) in [5.41, 5.74) is 1.25. The number of hydrogen-bond acceptors (Lipinski definition) is 4. The predicted molar refractivity (Wildman–Crippen MR) is 99.4 cm³/mol. The molecule has 4 aliphatic rings. The second kappa shape index (κ2) is 6.90. The van der Waals surface area contributed by atoms with E-state index in [0.717, 1.165) is 41.2 Å². The van der Waals surface area contributed by atoms with Crippen LogP contribution in [0.4, 0.5) is 0 Å². The topological polar surface area (TPSA) is 43.6 Å². The molecule has 0 saturated heterocycles. The number of nitrogens with zero attached hydrogens (tertiary/aromatic N) is 2. The summed E-state index contributed by atoms with van der Waals surface area (Å²) in [6.45, 7) is 5.43.